The molecule has 25 heavy (non-hydrogen) atoms. The van der Waals surface area contributed by atoms with E-state index in [1.54, 1.807) is 6.07 Å². The largest absolute Gasteiger partial charge is 0.356 e. The maximum absolute atomic E-state index is 13.3. The van der Waals surface area contributed by atoms with Crippen molar-refractivity contribution in [2.24, 2.45) is 0 Å². The van der Waals surface area contributed by atoms with Crippen LogP contribution in [0.25, 0.3) is 11.0 Å². The molecule has 1 aromatic carbocycles. The van der Waals surface area contributed by atoms with Crippen LogP contribution in [0, 0.1) is 5.82 Å². The molecule has 3 heterocycles. The van der Waals surface area contributed by atoms with Crippen LogP contribution in [0.2, 0.25) is 0 Å². The summed E-state index contributed by atoms with van der Waals surface area (Å²) in [5.74, 6) is 1.34. The summed E-state index contributed by atoms with van der Waals surface area (Å²) in [6, 6.07) is 4.58. The molecule has 1 saturated carbocycles. The molecule has 0 amide bonds. The normalized spacial score (nSPS) is 19.0. The SMILES string of the molecule is Fc1ccc2c(CN3CCN(c4nc(C5CC5)ns4)CC3)noc2c1. The molecule has 0 unspecified atom stereocenters. The van der Waals surface area contributed by atoms with E-state index in [1.807, 2.05) is 0 Å². The van der Waals surface area contributed by atoms with Gasteiger partial charge in [0.25, 0.3) is 0 Å². The van der Waals surface area contributed by atoms with Crippen LogP contribution >= 0.6 is 11.5 Å². The van der Waals surface area contributed by atoms with Gasteiger partial charge in [0, 0.05) is 61.6 Å². The van der Waals surface area contributed by atoms with Crippen molar-refractivity contribution in [3.8, 4) is 0 Å². The lowest BCUT2D eigenvalue weighted by Crippen LogP contribution is -2.46. The van der Waals surface area contributed by atoms with Crippen LogP contribution in [0.15, 0.2) is 22.7 Å². The van der Waals surface area contributed by atoms with Crippen LogP contribution in [-0.4, -0.2) is 45.6 Å². The van der Waals surface area contributed by atoms with Crippen LogP contribution < -0.4 is 4.90 Å². The van der Waals surface area contributed by atoms with Gasteiger partial charge < -0.3 is 9.42 Å². The molecule has 130 valence electrons. The van der Waals surface area contributed by atoms with Gasteiger partial charge in [-0.25, -0.2) is 9.37 Å². The zero-order valence-electron chi connectivity index (χ0n) is 13.7. The molecule has 0 atom stereocenters. The number of aromatic nitrogens is 3. The number of benzene rings is 1. The van der Waals surface area contributed by atoms with Crippen LogP contribution in [0.4, 0.5) is 9.52 Å². The number of halogens is 1. The fourth-order valence-electron chi connectivity index (χ4n) is 3.25. The van der Waals surface area contributed by atoms with Gasteiger partial charge in [-0.15, -0.1) is 0 Å². The molecular weight excluding hydrogens is 341 g/mol. The highest BCUT2D eigenvalue weighted by Gasteiger charge is 2.29. The fourth-order valence-corrected chi connectivity index (χ4v) is 4.05. The van der Waals surface area contributed by atoms with Gasteiger partial charge in [0.15, 0.2) is 5.58 Å². The van der Waals surface area contributed by atoms with Gasteiger partial charge in [-0.05, 0) is 25.0 Å². The van der Waals surface area contributed by atoms with Crippen molar-refractivity contribution in [1.29, 1.82) is 0 Å². The summed E-state index contributed by atoms with van der Waals surface area (Å²) in [4.78, 5) is 9.36. The summed E-state index contributed by atoms with van der Waals surface area (Å²) >= 11 is 1.52. The highest BCUT2D eigenvalue weighted by molar-refractivity contribution is 7.09. The Hall–Kier alpha value is -2.06. The third-order valence-electron chi connectivity index (χ3n) is 4.90. The van der Waals surface area contributed by atoms with Crippen molar-refractivity contribution in [2.75, 3.05) is 31.1 Å². The Labute approximate surface area is 148 Å². The molecule has 2 aliphatic rings. The molecule has 0 N–H and O–H groups in total. The van der Waals surface area contributed by atoms with E-state index in [0.717, 1.165) is 54.8 Å². The topological polar surface area (TPSA) is 58.3 Å². The van der Waals surface area contributed by atoms with Gasteiger partial charge in [-0.2, -0.15) is 4.37 Å². The monoisotopic (exact) mass is 359 g/mol. The molecule has 5 rings (SSSR count). The minimum Gasteiger partial charge on any atom is -0.356 e. The maximum atomic E-state index is 13.3. The summed E-state index contributed by atoms with van der Waals surface area (Å²) in [5, 5.41) is 6.06. The van der Waals surface area contributed by atoms with Crippen LogP contribution in [0.1, 0.15) is 30.3 Å². The molecule has 2 fully saturated rings. The molecule has 3 aromatic rings. The van der Waals surface area contributed by atoms with E-state index < -0.39 is 0 Å². The second kappa shape index (κ2) is 6.03. The Bertz CT molecular complexity index is 897. The first-order valence-corrected chi connectivity index (χ1v) is 9.38. The molecule has 2 aromatic heterocycles. The van der Waals surface area contributed by atoms with Gasteiger partial charge in [0.1, 0.15) is 17.3 Å². The lowest BCUT2D eigenvalue weighted by molar-refractivity contribution is 0.243. The highest BCUT2D eigenvalue weighted by Crippen LogP contribution is 2.39. The van der Waals surface area contributed by atoms with E-state index in [9.17, 15) is 4.39 Å². The zero-order chi connectivity index (χ0) is 16.8. The van der Waals surface area contributed by atoms with Crippen molar-refractivity contribution in [3.05, 3.63) is 35.5 Å². The van der Waals surface area contributed by atoms with Crippen molar-refractivity contribution in [2.45, 2.75) is 25.3 Å². The molecule has 1 aliphatic carbocycles. The smallest absolute Gasteiger partial charge is 0.205 e. The fraction of sp³-hybridized carbons (Fsp3) is 0.471. The summed E-state index contributed by atoms with van der Waals surface area (Å²) in [6.45, 7) is 4.46. The first-order valence-electron chi connectivity index (χ1n) is 8.61. The molecule has 0 bridgehead atoms. The van der Waals surface area contributed by atoms with E-state index in [4.69, 9.17) is 9.51 Å². The summed E-state index contributed by atoms with van der Waals surface area (Å²) in [7, 11) is 0. The number of rotatable bonds is 4. The second-order valence-corrected chi connectivity index (χ2v) is 7.47. The molecule has 1 aliphatic heterocycles. The Balaban J connectivity index is 1.23. The van der Waals surface area contributed by atoms with Gasteiger partial charge >= 0.3 is 0 Å². The van der Waals surface area contributed by atoms with Gasteiger partial charge in [-0.3, -0.25) is 4.90 Å². The van der Waals surface area contributed by atoms with Crippen molar-refractivity contribution < 1.29 is 8.91 Å². The minimum absolute atomic E-state index is 0.300. The lowest BCUT2D eigenvalue weighted by Gasteiger charge is -2.33. The number of piperazine rings is 1. The maximum Gasteiger partial charge on any atom is 0.205 e. The van der Waals surface area contributed by atoms with Crippen molar-refractivity contribution in [1.82, 2.24) is 19.4 Å². The molecule has 8 heteroatoms. The first-order chi connectivity index (χ1) is 12.3. The van der Waals surface area contributed by atoms with E-state index in [2.05, 4.69) is 19.3 Å². The summed E-state index contributed by atoms with van der Waals surface area (Å²) < 4.78 is 23.0. The standard InChI is InChI=1S/C17H18FN5OS/c18-12-3-4-13-14(20-24-15(13)9-12)10-22-5-7-23(8-6-22)17-19-16(21-25-17)11-1-2-11/h3-4,9,11H,1-2,5-8,10H2. The van der Waals surface area contributed by atoms with Crippen LogP contribution in [0.5, 0.6) is 0 Å². The number of anilines is 1. The molecule has 0 radical (unpaired) electrons. The Morgan fingerprint density at radius 1 is 1.20 bits per heavy atom. The van der Waals surface area contributed by atoms with E-state index in [-0.39, 0.29) is 5.82 Å². The number of fused-ring (bicyclic) bond motifs is 1. The van der Waals surface area contributed by atoms with E-state index in [1.165, 1.54) is 36.5 Å². The van der Waals surface area contributed by atoms with Gasteiger partial charge in [0.05, 0.1) is 0 Å². The molecular formula is C17H18FN5OS. The zero-order valence-corrected chi connectivity index (χ0v) is 14.5. The van der Waals surface area contributed by atoms with Crippen LogP contribution in [0.3, 0.4) is 0 Å². The number of nitrogens with zero attached hydrogens (tertiary/aromatic N) is 5. The summed E-state index contributed by atoms with van der Waals surface area (Å²) in [5.41, 5.74) is 1.38. The van der Waals surface area contributed by atoms with Crippen molar-refractivity contribution in [3.63, 3.8) is 0 Å². The lowest BCUT2D eigenvalue weighted by atomic mass is 10.2. The number of hydrogen-bond donors (Lipinski definition) is 0. The Morgan fingerprint density at radius 2 is 2.04 bits per heavy atom. The van der Waals surface area contributed by atoms with Crippen molar-refractivity contribution >= 4 is 27.6 Å². The second-order valence-electron chi connectivity index (χ2n) is 6.74. The predicted molar refractivity (Wildman–Crippen MR) is 93.3 cm³/mol. The van der Waals surface area contributed by atoms with Gasteiger partial charge in [-0.1, -0.05) is 5.16 Å². The third kappa shape index (κ3) is 3.00. The predicted octanol–water partition coefficient (Wildman–Crippen LogP) is 3.02. The van der Waals surface area contributed by atoms with Crippen LogP contribution in [-0.2, 0) is 6.54 Å². The van der Waals surface area contributed by atoms with Gasteiger partial charge in [0.2, 0.25) is 5.13 Å². The molecule has 6 nitrogen and oxygen atoms in total. The van der Waals surface area contributed by atoms with E-state index >= 15 is 0 Å². The number of hydrogen-bond acceptors (Lipinski definition) is 7. The average molecular weight is 359 g/mol. The molecule has 0 spiro atoms. The molecule has 1 saturated heterocycles. The Kier molecular flexibility index (Phi) is 3.67. The average Bonchev–Trinajstić information content (AvgIpc) is 3.23. The minimum atomic E-state index is -0.300. The summed E-state index contributed by atoms with van der Waals surface area (Å²) in [6.07, 6.45) is 2.47. The third-order valence-corrected chi connectivity index (χ3v) is 5.69. The first kappa shape index (κ1) is 15.2. The Morgan fingerprint density at radius 3 is 2.84 bits per heavy atom. The highest BCUT2D eigenvalue weighted by atomic mass is 32.1. The quantitative estimate of drug-likeness (QED) is 0.714. The van der Waals surface area contributed by atoms with E-state index in [0.29, 0.717) is 11.5 Å².